The van der Waals surface area contributed by atoms with E-state index < -0.39 is 0 Å². The maximum absolute atomic E-state index is 6.87. The smallest absolute Gasteiger partial charge is 0.0499 e. The van der Waals surface area contributed by atoms with Crippen LogP contribution in [0, 0.1) is 13.8 Å². The normalized spacial score (nSPS) is 12.3. The Morgan fingerprint density at radius 1 is 0.706 bits per heavy atom. The van der Waals surface area contributed by atoms with Crippen LogP contribution in [0.4, 0.5) is 11.4 Å². The van der Waals surface area contributed by atoms with E-state index in [0.717, 1.165) is 67.6 Å². The summed E-state index contributed by atoms with van der Waals surface area (Å²) in [4.78, 5) is 0. The van der Waals surface area contributed by atoms with E-state index in [4.69, 9.17) is 34.7 Å². The molecule has 0 saturated heterocycles. The third-order valence-electron chi connectivity index (χ3n) is 7.66. The highest BCUT2D eigenvalue weighted by atomic mass is 35.5. The fourth-order valence-corrected chi connectivity index (χ4v) is 5.83. The number of hydrogen-bond donors (Lipinski definition) is 2. The van der Waals surface area contributed by atoms with Crippen molar-refractivity contribution < 1.29 is 0 Å². The van der Waals surface area contributed by atoms with E-state index in [1.165, 1.54) is 11.1 Å². The largest absolute Gasteiger partial charge is 0.398 e. The van der Waals surface area contributed by atoms with Crippen molar-refractivity contribution in [3.63, 3.8) is 0 Å². The summed E-state index contributed by atoms with van der Waals surface area (Å²) >= 11 is 13.7. The number of benzene rings is 3. The maximum atomic E-state index is 6.87. The second kappa shape index (κ2) is 9.47. The van der Waals surface area contributed by atoms with Gasteiger partial charge >= 0.3 is 0 Å². The Kier molecular flexibility index (Phi) is 7.37. The summed E-state index contributed by atoms with van der Waals surface area (Å²) in [6, 6.07) is 13.2. The predicted molar refractivity (Wildman–Crippen MR) is 151 cm³/mol. The number of aryl methyl sites for hydroxylation is 2. The highest BCUT2D eigenvalue weighted by molar-refractivity contribution is 6.33. The van der Waals surface area contributed by atoms with Gasteiger partial charge in [0.1, 0.15) is 0 Å². The van der Waals surface area contributed by atoms with Crippen molar-refractivity contribution in [3.05, 3.63) is 91.0 Å². The van der Waals surface area contributed by atoms with Crippen LogP contribution in [-0.4, -0.2) is 0 Å². The predicted octanol–water partition coefficient (Wildman–Crippen LogP) is 8.55. The lowest BCUT2D eigenvalue weighted by Gasteiger charge is -2.32. The average Bonchev–Trinajstić information content (AvgIpc) is 2.80. The van der Waals surface area contributed by atoms with E-state index in [1.54, 1.807) is 0 Å². The van der Waals surface area contributed by atoms with Crippen LogP contribution in [0.5, 0.6) is 0 Å². The van der Waals surface area contributed by atoms with Gasteiger partial charge in [-0.2, -0.15) is 0 Å². The maximum Gasteiger partial charge on any atom is 0.0499 e. The Hall–Kier alpha value is -2.16. The summed E-state index contributed by atoms with van der Waals surface area (Å²) in [6.07, 6.45) is 1.69. The van der Waals surface area contributed by atoms with Gasteiger partial charge in [0.15, 0.2) is 0 Å². The summed E-state index contributed by atoms with van der Waals surface area (Å²) in [5.74, 6) is 0. The van der Waals surface area contributed by atoms with E-state index in [-0.39, 0.29) is 10.8 Å². The third kappa shape index (κ3) is 4.32. The molecule has 0 aliphatic heterocycles. The Labute approximate surface area is 215 Å². The average molecular weight is 498 g/mol. The molecule has 3 rings (SSSR count). The van der Waals surface area contributed by atoms with Gasteiger partial charge in [-0.15, -0.1) is 0 Å². The minimum absolute atomic E-state index is 0.271. The van der Waals surface area contributed by atoms with E-state index in [0.29, 0.717) is 0 Å². The number of rotatable bonds is 6. The van der Waals surface area contributed by atoms with Gasteiger partial charge in [-0.1, -0.05) is 101 Å². The molecule has 3 aromatic carbocycles. The number of anilines is 2. The quantitative estimate of drug-likeness (QED) is 0.335. The molecule has 0 atom stereocenters. The van der Waals surface area contributed by atoms with Gasteiger partial charge in [0.25, 0.3) is 0 Å². The molecule has 0 heterocycles. The summed E-state index contributed by atoms with van der Waals surface area (Å²) in [6.45, 7) is 17.2. The molecule has 0 aromatic heterocycles. The van der Waals surface area contributed by atoms with Crippen LogP contribution in [0.25, 0.3) is 0 Å². The molecule has 0 bridgehead atoms. The minimum atomic E-state index is -0.271. The molecule has 4 N–H and O–H groups in total. The molecule has 3 aromatic rings. The molecule has 182 valence electrons. The number of hydrogen-bond acceptors (Lipinski definition) is 2. The fraction of sp³-hybridized carbons (Fsp3) is 0.400. The van der Waals surface area contributed by atoms with E-state index in [2.05, 4.69) is 84.9 Å². The first-order valence-corrected chi connectivity index (χ1v) is 12.8. The van der Waals surface area contributed by atoms with Crippen molar-refractivity contribution in [2.45, 2.75) is 79.1 Å². The fourth-order valence-electron chi connectivity index (χ4n) is 4.92. The molecular weight excluding hydrogens is 459 g/mol. The van der Waals surface area contributed by atoms with Crippen LogP contribution < -0.4 is 11.5 Å². The van der Waals surface area contributed by atoms with Crippen molar-refractivity contribution in [1.82, 2.24) is 0 Å². The Balaban J connectivity index is 2.08. The molecule has 2 nitrogen and oxygen atoms in total. The summed E-state index contributed by atoms with van der Waals surface area (Å²) in [5.41, 5.74) is 22.5. The van der Waals surface area contributed by atoms with Gasteiger partial charge in [0.05, 0.1) is 0 Å². The molecule has 0 fully saturated rings. The molecule has 0 saturated carbocycles. The highest BCUT2D eigenvalue weighted by Gasteiger charge is 2.31. The number of halogens is 2. The van der Waals surface area contributed by atoms with Gasteiger partial charge in [-0.05, 0) is 71.2 Å². The molecule has 4 heteroatoms. The topological polar surface area (TPSA) is 52.0 Å². The Morgan fingerprint density at radius 2 is 1.18 bits per heavy atom. The monoisotopic (exact) mass is 496 g/mol. The SMILES string of the molecule is CCc1cc(C(C)(C)c2ccc(C(C)(C)c3cc(C)c(N)c(CC)c3Cl)cc2)c(Cl)c(C)c1N. The van der Waals surface area contributed by atoms with Crippen molar-refractivity contribution >= 4 is 34.6 Å². The first kappa shape index (κ1) is 26.4. The van der Waals surface area contributed by atoms with E-state index >= 15 is 0 Å². The van der Waals surface area contributed by atoms with Gasteiger partial charge in [-0.25, -0.2) is 0 Å². The van der Waals surface area contributed by atoms with Crippen LogP contribution in [0.3, 0.4) is 0 Å². The molecule has 34 heavy (non-hydrogen) atoms. The van der Waals surface area contributed by atoms with Crippen LogP contribution >= 0.6 is 23.2 Å². The van der Waals surface area contributed by atoms with E-state index in [1.807, 2.05) is 6.92 Å². The van der Waals surface area contributed by atoms with Crippen LogP contribution in [0.1, 0.15) is 86.1 Å². The lowest BCUT2D eigenvalue weighted by Crippen LogP contribution is -2.23. The lowest BCUT2D eigenvalue weighted by molar-refractivity contribution is 0.625. The molecule has 0 unspecified atom stereocenters. The lowest BCUT2D eigenvalue weighted by atomic mass is 9.73. The third-order valence-corrected chi connectivity index (χ3v) is 8.57. The van der Waals surface area contributed by atoms with Crippen LogP contribution in [0.15, 0.2) is 36.4 Å². The van der Waals surface area contributed by atoms with E-state index in [9.17, 15) is 0 Å². The van der Waals surface area contributed by atoms with Crippen molar-refractivity contribution in [2.75, 3.05) is 11.5 Å². The van der Waals surface area contributed by atoms with Gasteiger partial charge < -0.3 is 11.5 Å². The molecule has 0 aliphatic carbocycles. The number of nitrogens with two attached hydrogens (primary N) is 2. The molecule has 0 spiro atoms. The van der Waals surface area contributed by atoms with Crippen LogP contribution in [-0.2, 0) is 23.7 Å². The second-order valence-corrected chi connectivity index (χ2v) is 11.2. The minimum Gasteiger partial charge on any atom is -0.398 e. The van der Waals surface area contributed by atoms with Gasteiger partial charge in [-0.3, -0.25) is 0 Å². The Morgan fingerprint density at radius 3 is 1.62 bits per heavy atom. The Bertz CT molecular complexity index is 1190. The molecular formula is C30H38Cl2N2. The van der Waals surface area contributed by atoms with Crippen molar-refractivity contribution in [3.8, 4) is 0 Å². The summed E-state index contributed by atoms with van der Waals surface area (Å²) < 4.78 is 0. The summed E-state index contributed by atoms with van der Waals surface area (Å²) in [7, 11) is 0. The van der Waals surface area contributed by atoms with Crippen molar-refractivity contribution in [1.29, 1.82) is 0 Å². The number of nitrogen functional groups attached to an aromatic ring is 2. The molecule has 0 aliphatic rings. The first-order valence-electron chi connectivity index (χ1n) is 12.1. The highest BCUT2D eigenvalue weighted by Crippen LogP contribution is 2.43. The molecule has 0 radical (unpaired) electrons. The van der Waals surface area contributed by atoms with Gasteiger partial charge in [0, 0.05) is 32.3 Å². The van der Waals surface area contributed by atoms with Gasteiger partial charge in [0.2, 0.25) is 0 Å². The second-order valence-electron chi connectivity index (χ2n) is 10.4. The first-order chi connectivity index (χ1) is 15.8. The van der Waals surface area contributed by atoms with Crippen molar-refractivity contribution in [2.24, 2.45) is 0 Å². The zero-order chi connectivity index (χ0) is 25.6. The summed E-state index contributed by atoms with van der Waals surface area (Å²) in [5, 5.41) is 1.52. The van der Waals surface area contributed by atoms with Crippen LogP contribution in [0.2, 0.25) is 10.0 Å². The molecule has 0 amide bonds. The zero-order valence-electron chi connectivity index (χ0n) is 21.8. The standard InChI is InChI=1S/C30H38Cl2N2/c1-9-19-16-24(25(31)18(4)28(19)34)30(7,8)21-13-11-20(12-14-21)29(5,6)23-15-17(3)27(33)22(10-2)26(23)32/h11-16H,9-10,33-34H2,1-8H3. The zero-order valence-corrected chi connectivity index (χ0v) is 23.3.